The summed E-state index contributed by atoms with van der Waals surface area (Å²) in [6.07, 6.45) is 0. The van der Waals surface area contributed by atoms with Crippen molar-refractivity contribution in [2.75, 3.05) is 5.73 Å². The molecule has 0 aliphatic heterocycles. The van der Waals surface area contributed by atoms with Gasteiger partial charge in [0.2, 0.25) is 0 Å². The fourth-order valence-electron chi connectivity index (χ4n) is 3.36. The zero-order chi connectivity index (χ0) is 23.5. The maximum Gasteiger partial charge on any atom is 0.271 e. The molecule has 0 aliphatic carbocycles. The van der Waals surface area contributed by atoms with Gasteiger partial charge in [-0.1, -0.05) is 18.2 Å². The van der Waals surface area contributed by atoms with E-state index in [1.807, 2.05) is 30.3 Å². The first-order valence-corrected chi connectivity index (χ1v) is 9.79. The van der Waals surface area contributed by atoms with Crippen LogP contribution in [0.15, 0.2) is 72.8 Å². The van der Waals surface area contributed by atoms with Crippen LogP contribution in [0.3, 0.4) is 0 Å². The molecule has 1 aromatic heterocycles. The molecule has 1 heterocycles. The number of nitrogens with two attached hydrogens (primary N) is 2. The molecule has 4 aromatic rings. The molecule has 4 rings (SSSR count). The van der Waals surface area contributed by atoms with E-state index in [1.54, 1.807) is 24.3 Å². The van der Waals surface area contributed by atoms with Gasteiger partial charge in [-0.25, -0.2) is 4.68 Å². The summed E-state index contributed by atoms with van der Waals surface area (Å²) in [5, 5.41) is 25.3. The fraction of sp³-hybridized carbons (Fsp3) is 0.0435. The standard InChI is InChI=1S/C23H19N5O5/c24-22-20(23(25)30)21(14-7-10-18(11-8-14)33-17-4-2-1-3-5-17)26-27(22)19-12-16(28(31)32)9-6-15(19)13-29/h1-12,29H,13,24H2,(H2,25,30). The van der Waals surface area contributed by atoms with Gasteiger partial charge in [0, 0.05) is 23.3 Å². The van der Waals surface area contributed by atoms with Gasteiger partial charge in [-0.05, 0) is 42.5 Å². The molecule has 0 saturated carbocycles. The molecule has 0 atom stereocenters. The summed E-state index contributed by atoms with van der Waals surface area (Å²) >= 11 is 0. The minimum Gasteiger partial charge on any atom is -0.457 e. The molecule has 0 unspecified atom stereocenters. The molecule has 0 spiro atoms. The minimum absolute atomic E-state index is 0.0397. The van der Waals surface area contributed by atoms with E-state index in [0.717, 1.165) is 0 Å². The normalized spacial score (nSPS) is 10.7. The lowest BCUT2D eigenvalue weighted by Crippen LogP contribution is -2.14. The lowest BCUT2D eigenvalue weighted by atomic mass is 10.1. The fourth-order valence-corrected chi connectivity index (χ4v) is 3.36. The van der Waals surface area contributed by atoms with Crippen LogP contribution in [0, 0.1) is 10.1 Å². The maximum atomic E-state index is 12.2. The van der Waals surface area contributed by atoms with Crippen molar-refractivity contribution in [3.63, 3.8) is 0 Å². The van der Waals surface area contributed by atoms with Gasteiger partial charge in [-0.3, -0.25) is 14.9 Å². The Kier molecular flexibility index (Phi) is 5.75. The second kappa shape index (κ2) is 8.81. The molecule has 10 heteroatoms. The zero-order valence-electron chi connectivity index (χ0n) is 17.2. The Balaban J connectivity index is 1.78. The van der Waals surface area contributed by atoms with Crippen LogP contribution in [0.5, 0.6) is 11.5 Å². The van der Waals surface area contributed by atoms with E-state index in [9.17, 15) is 20.0 Å². The molecule has 0 fully saturated rings. The smallest absolute Gasteiger partial charge is 0.271 e. The lowest BCUT2D eigenvalue weighted by Gasteiger charge is -2.09. The van der Waals surface area contributed by atoms with Gasteiger partial charge in [0.25, 0.3) is 11.6 Å². The number of hydrogen-bond acceptors (Lipinski definition) is 7. The summed E-state index contributed by atoms with van der Waals surface area (Å²) in [6, 6.07) is 19.9. The number of nitro groups is 1. The topological polar surface area (TPSA) is 160 Å². The van der Waals surface area contributed by atoms with Crippen LogP contribution < -0.4 is 16.2 Å². The van der Waals surface area contributed by atoms with Crippen LogP contribution in [-0.2, 0) is 6.61 Å². The number of aliphatic hydroxyl groups is 1. The van der Waals surface area contributed by atoms with Crippen LogP contribution >= 0.6 is 0 Å². The average Bonchev–Trinajstić information content (AvgIpc) is 3.17. The highest BCUT2D eigenvalue weighted by Gasteiger charge is 2.24. The van der Waals surface area contributed by atoms with Crippen molar-refractivity contribution in [3.8, 4) is 28.4 Å². The number of carbonyl (C=O) groups excluding carboxylic acids is 1. The van der Waals surface area contributed by atoms with E-state index in [4.69, 9.17) is 16.2 Å². The summed E-state index contributed by atoms with van der Waals surface area (Å²) in [6.45, 7) is -0.417. The van der Waals surface area contributed by atoms with E-state index in [-0.39, 0.29) is 28.5 Å². The summed E-state index contributed by atoms with van der Waals surface area (Å²) < 4.78 is 6.95. The molecule has 5 N–H and O–H groups in total. The SMILES string of the molecule is NC(=O)c1c(-c2ccc(Oc3ccccc3)cc2)nn(-c2cc([N+](=O)[O-])ccc2CO)c1N. The Morgan fingerprint density at radius 2 is 1.73 bits per heavy atom. The summed E-state index contributed by atoms with van der Waals surface area (Å²) in [4.78, 5) is 22.9. The predicted octanol–water partition coefficient (Wildman–Crippen LogP) is 3.41. The van der Waals surface area contributed by atoms with Crippen LogP contribution in [0.2, 0.25) is 0 Å². The largest absolute Gasteiger partial charge is 0.457 e. The number of nitrogens with zero attached hydrogens (tertiary/aromatic N) is 3. The monoisotopic (exact) mass is 445 g/mol. The van der Waals surface area contributed by atoms with Gasteiger partial charge in [0.05, 0.1) is 17.2 Å². The molecule has 0 saturated heterocycles. The highest BCUT2D eigenvalue weighted by atomic mass is 16.6. The van der Waals surface area contributed by atoms with Gasteiger partial charge < -0.3 is 21.3 Å². The quantitative estimate of drug-likeness (QED) is 0.290. The number of hydrogen-bond donors (Lipinski definition) is 3. The van der Waals surface area contributed by atoms with Crippen molar-refractivity contribution in [3.05, 3.63) is 94.0 Å². The average molecular weight is 445 g/mol. The zero-order valence-corrected chi connectivity index (χ0v) is 17.2. The highest BCUT2D eigenvalue weighted by molar-refractivity contribution is 6.03. The lowest BCUT2D eigenvalue weighted by molar-refractivity contribution is -0.384. The molecule has 0 bridgehead atoms. The number of benzene rings is 3. The number of nitro benzene ring substituents is 1. The van der Waals surface area contributed by atoms with Crippen molar-refractivity contribution in [2.45, 2.75) is 6.61 Å². The Morgan fingerprint density at radius 1 is 1.06 bits per heavy atom. The van der Waals surface area contributed by atoms with Crippen molar-refractivity contribution in [2.24, 2.45) is 5.73 Å². The van der Waals surface area contributed by atoms with Crippen LogP contribution in [-0.4, -0.2) is 25.7 Å². The van der Waals surface area contributed by atoms with Gasteiger partial charge in [-0.15, -0.1) is 0 Å². The highest BCUT2D eigenvalue weighted by Crippen LogP contribution is 2.33. The molecule has 166 valence electrons. The number of primary amides is 1. The molecule has 0 aliphatic rings. The molecule has 0 radical (unpaired) electrons. The number of aliphatic hydroxyl groups excluding tert-OH is 1. The molecular weight excluding hydrogens is 426 g/mol. The summed E-state index contributed by atoms with van der Waals surface area (Å²) in [5.41, 5.74) is 12.7. The number of ether oxygens (including phenoxy) is 1. The second-order valence-electron chi connectivity index (χ2n) is 7.05. The van der Waals surface area contributed by atoms with Gasteiger partial charge in [0.15, 0.2) is 0 Å². The third-order valence-corrected chi connectivity index (χ3v) is 4.95. The maximum absolute atomic E-state index is 12.2. The van der Waals surface area contributed by atoms with Gasteiger partial charge in [-0.2, -0.15) is 5.10 Å². The third kappa shape index (κ3) is 4.23. The van der Waals surface area contributed by atoms with E-state index in [0.29, 0.717) is 22.6 Å². The number of rotatable bonds is 7. The molecule has 3 aromatic carbocycles. The third-order valence-electron chi connectivity index (χ3n) is 4.95. The number of aromatic nitrogens is 2. The number of nitrogen functional groups attached to an aromatic ring is 1. The first-order chi connectivity index (χ1) is 15.9. The second-order valence-corrected chi connectivity index (χ2v) is 7.05. The molecular formula is C23H19N5O5. The number of non-ortho nitro benzene ring substituents is 1. The van der Waals surface area contributed by atoms with Crippen LogP contribution in [0.25, 0.3) is 16.9 Å². The Bertz CT molecular complexity index is 1330. The number of amides is 1. The van der Waals surface area contributed by atoms with Crippen molar-refractivity contribution < 1.29 is 19.6 Å². The van der Waals surface area contributed by atoms with Crippen molar-refractivity contribution in [1.29, 1.82) is 0 Å². The first kappa shape index (κ1) is 21.5. The van der Waals surface area contributed by atoms with E-state index >= 15 is 0 Å². The van der Waals surface area contributed by atoms with E-state index < -0.39 is 17.4 Å². The molecule has 10 nitrogen and oxygen atoms in total. The van der Waals surface area contributed by atoms with E-state index in [1.165, 1.54) is 22.9 Å². The predicted molar refractivity (Wildman–Crippen MR) is 121 cm³/mol. The van der Waals surface area contributed by atoms with Gasteiger partial charge >= 0.3 is 0 Å². The summed E-state index contributed by atoms with van der Waals surface area (Å²) in [5.74, 6) is 0.324. The van der Waals surface area contributed by atoms with E-state index in [2.05, 4.69) is 5.10 Å². The Labute approximate surface area is 187 Å². The Hall–Kier alpha value is -4.70. The number of para-hydroxylation sites is 1. The van der Waals surface area contributed by atoms with Crippen LogP contribution in [0.4, 0.5) is 11.5 Å². The molecule has 1 amide bonds. The van der Waals surface area contributed by atoms with Gasteiger partial charge in [0.1, 0.15) is 28.6 Å². The number of carbonyl (C=O) groups is 1. The summed E-state index contributed by atoms with van der Waals surface area (Å²) in [7, 11) is 0. The van der Waals surface area contributed by atoms with Crippen molar-refractivity contribution in [1.82, 2.24) is 9.78 Å². The number of anilines is 1. The first-order valence-electron chi connectivity index (χ1n) is 9.79. The minimum atomic E-state index is -0.811. The van der Waals surface area contributed by atoms with Crippen LogP contribution in [0.1, 0.15) is 15.9 Å². The molecule has 33 heavy (non-hydrogen) atoms. The Morgan fingerprint density at radius 3 is 2.33 bits per heavy atom. The van der Waals surface area contributed by atoms with Crippen molar-refractivity contribution >= 4 is 17.4 Å².